The summed E-state index contributed by atoms with van der Waals surface area (Å²) in [5, 5.41) is 2.95. The number of rotatable bonds is 57. The molecule has 0 bridgehead atoms. The van der Waals surface area contributed by atoms with Crippen LogP contribution in [0.2, 0.25) is 0 Å². The van der Waals surface area contributed by atoms with Crippen molar-refractivity contribution < 1.29 is 47.4 Å². The van der Waals surface area contributed by atoms with E-state index in [4.69, 9.17) is 48.4 Å². The average Bonchev–Trinajstić information content (AvgIpc) is 3.31. The van der Waals surface area contributed by atoms with Crippen LogP contribution in [0, 0.1) is 0 Å². The number of hydrogen-bond donors (Lipinski definition) is 2. The van der Waals surface area contributed by atoms with Gasteiger partial charge in [-0.05, 0) is 64.2 Å². The molecule has 2 atom stereocenters. The van der Waals surface area contributed by atoms with Crippen LogP contribution >= 0.6 is 0 Å². The van der Waals surface area contributed by atoms with Gasteiger partial charge in [0.1, 0.15) is 18.9 Å². The molecule has 0 aliphatic rings. The Hall–Kier alpha value is -1.45. The number of methoxy groups -OCH3 is 1. The first-order valence-corrected chi connectivity index (χ1v) is 27.2. The van der Waals surface area contributed by atoms with E-state index in [2.05, 4.69) is 43.5 Å². The van der Waals surface area contributed by atoms with Crippen molar-refractivity contribution in [3.05, 3.63) is 24.3 Å². The van der Waals surface area contributed by atoms with Crippen LogP contribution in [0.4, 0.5) is 0 Å². The monoisotopic (exact) mass is 943 g/mol. The molecule has 0 aromatic carbocycles. The van der Waals surface area contributed by atoms with E-state index >= 15 is 0 Å². The standard InChI is InChI=1S/C54H106N2O10/c1-4-6-8-10-12-14-16-18-20-22-24-26-28-30-32-34-37-62-49-52(64-38-35-33-31-29-27-25-23-21-19-17-15-13-11-9-7-5-2)50-63-45-44-60-41-40-59-42-43-61-46-47-66-54(57)48-56-36-39-65-53(55)51-58-3/h18-21,52-53,56H,4-17,22-51,55H2,1-3H3/b20-18-,21-19-. The van der Waals surface area contributed by atoms with Crippen LogP contribution < -0.4 is 11.1 Å². The van der Waals surface area contributed by atoms with E-state index in [1.165, 1.54) is 167 Å². The number of esters is 1. The molecule has 0 rings (SSSR count). The Balaban J connectivity index is 4.06. The van der Waals surface area contributed by atoms with Crippen LogP contribution in [0.15, 0.2) is 24.3 Å². The Morgan fingerprint density at radius 3 is 1.30 bits per heavy atom. The fraction of sp³-hybridized carbons (Fsp3) is 0.907. The van der Waals surface area contributed by atoms with Gasteiger partial charge < -0.3 is 53.7 Å². The Bertz CT molecular complexity index is 991. The highest BCUT2D eigenvalue weighted by atomic mass is 16.6. The molecule has 0 heterocycles. The lowest BCUT2D eigenvalue weighted by Gasteiger charge is -2.18. The molecule has 0 fully saturated rings. The lowest BCUT2D eigenvalue weighted by Crippen LogP contribution is -2.34. The number of carbonyl (C=O) groups excluding carboxylic acids is 1. The minimum atomic E-state index is -0.476. The van der Waals surface area contributed by atoms with E-state index in [-0.39, 0.29) is 25.2 Å². The molecule has 12 nitrogen and oxygen atoms in total. The number of nitrogens with one attached hydrogen (secondary N) is 1. The maximum Gasteiger partial charge on any atom is 0.320 e. The normalized spacial score (nSPS) is 12.8. The minimum absolute atomic E-state index is 0.0675. The van der Waals surface area contributed by atoms with Crippen LogP contribution in [0.3, 0.4) is 0 Å². The summed E-state index contributed by atoms with van der Waals surface area (Å²) in [7, 11) is 1.56. The maximum absolute atomic E-state index is 11.8. The van der Waals surface area contributed by atoms with Crippen LogP contribution in [0.1, 0.15) is 194 Å². The van der Waals surface area contributed by atoms with Gasteiger partial charge in [-0.2, -0.15) is 0 Å². The maximum atomic E-state index is 11.8. The summed E-state index contributed by atoms with van der Waals surface area (Å²) in [6.07, 6.45) is 45.5. The molecule has 0 aromatic rings. The summed E-state index contributed by atoms with van der Waals surface area (Å²) < 4.78 is 50.5. The summed E-state index contributed by atoms with van der Waals surface area (Å²) in [6.45, 7) is 11.7. The lowest BCUT2D eigenvalue weighted by molar-refractivity contribution is -0.144. The Labute approximate surface area is 406 Å². The number of allylic oxidation sites excluding steroid dienone is 4. The lowest BCUT2D eigenvalue weighted by atomic mass is 10.1. The number of nitrogens with two attached hydrogens (primary N) is 1. The third-order valence-electron chi connectivity index (χ3n) is 11.2. The second-order valence-corrected chi connectivity index (χ2v) is 17.6. The summed E-state index contributed by atoms with van der Waals surface area (Å²) in [6, 6.07) is 0. The van der Waals surface area contributed by atoms with E-state index < -0.39 is 6.23 Å². The van der Waals surface area contributed by atoms with Crippen LogP contribution in [-0.2, 0) is 47.4 Å². The molecule has 0 amide bonds. The van der Waals surface area contributed by atoms with Gasteiger partial charge in [-0.15, -0.1) is 0 Å². The fourth-order valence-corrected chi connectivity index (χ4v) is 7.24. The SMILES string of the molecule is CCCCCCCC/C=C\CCCCCCCCOCC(COCCOCCOCCOCCOC(=O)CNCCOC(N)COC)OCCCCCCCC/C=C\CCCCCCCC. The molecule has 3 N–H and O–H groups in total. The highest BCUT2D eigenvalue weighted by molar-refractivity contribution is 5.71. The molecular weight excluding hydrogens is 837 g/mol. The largest absolute Gasteiger partial charge is 0.462 e. The third kappa shape index (κ3) is 55.1. The minimum Gasteiger partial charge on any atom is -0.462 e. The molecule has 392 valence electrons. The second kappa shape index (κ2) is 57.9. The molecule has 0 aromatic heterocycles. The molecule has 12 heteroatoms. The van der Waals surface area contributed by atoms with Crippen molar-refractivity contribution in [2.24, 2.45) is 5.73 Å². The van der Waals surface area contributed by atoms with Crippen LogP contribution in [0.25, 0.3) is 0 Å². The molecule has 0 aliphatic heterocycles. The summed E-state index contributed by atoms with van der Waals surface area (Å²) in [5.41, 5.74) is 5.68. The van der Waals surface area contributed by atoms with Crippen molar-refractivity contribution in [3.8, 4) is 0 Å². The molecule has 66 heavy (non-hydrogen) atoms. The first-order valence-electron chi connectivity index (χ1n) is 27.2. The van der Waals surface area contributed by atoms with Crippen molar-refractivity contribution in [1.29, 1.82) is 0 Å². The van der Waals surface area contributed by atoms with Gasteiger partial charge >= 0.3 is 5.97 Å². The number of ether oxygens (including phenoxy) is 9. The highest BCUT2D eigenvalue weighted by Crippen LogP contribution is 2.12. The van der Waals surface area contributed by atoms with Gasteiger partial charge in [0.2, 0.25) is 0 Å². The third-order valence-corrected chi connectivity index (χ3v) is 11.2. The van der Waals surface area contributed by atoms with Crippen LogP contribution in [0.5, 0.6) is 0 Å². The van der Waals surface area contributed by atoms with Crippen molar-refractivity contribution in [3.63, 3.8) is 0 Å². The van der Waals surface area contributed by atoms with Crippen molar-refractivity contribution >= 4 is 5.97 Å². The summed E-state index contributed by atoms with van der Waals surface area (Å²) in [4.78, 5) is 11.8. The Morgan fingerprint density at radius 2 is 0.833 bits per heavy atom. The van der Waals surface area contributed by atoms with E-state index in [1.54, 1.807) is 7.11 Å². The van der Waals surface area contributed by atoms with Gasteiger partial charge in [-0.25, -0.2) is 0 Å². The number of hydrogen-bond acceptors (Lipinski definition) is 12. The summed E-state index contributed by atoms with van der Waals surface area (Å²) >= 11 is 0. The molecule has 0 spiro atoms. The average molecular weight is 943 g/mol. The zero-order valence-corrected chi connectivity index (χ0v) is 43.2. The molecule has 2 unspecified atom stereocenters. The van der Waals surface area contributed by atoms with Gasteiger partial charge in [0.15, 0.2) is 0 Å². The highest BCUT2D eigenvalue weighted by Gasteiger charge is 2.11. The molecular formula is C54H106N2O10. The van der Waals surface area contributed by atoms with Gasteiger partial charge in [0.05, 0.1) is 79.2 Å². The van der Waals surface area contributed by atoms with Gasteiger partial charge in [0, 0.05) is 26.9 Å². The molecule has 0 saturated heterocycles. The van der Waals surface area contributed by atoms with Gasteiger partial charge in [0.25, 0.3) is 0 Å². The van der Waals surface area contributed by atoms with E-state index in [9.17, 15) is 4.79 Å². The molecule has 0 radical (unpaired) electrons. The van der Waals surface area contributed by atoms with E-state index in [1.807, 2.05) is 0 Å². The first kappa shape index (κ1) is 64.5. The number of unbranched alkanes of at least 4 members (excludes halogenated alkanes) is 24. The second-order valence-electron chi connectivity index (χ2n) is 17.6. The smallest absolute Gasteiger partial charge is 0.320 e. The Morgan fingerprint density at radius 1 is 0.439 bits per heavy atom. The quantitative estimate of drug-likeness (QED) is 0.0260. The Kier molecular flexibility index (Phi) is 56.6. The fourth-order valence-electron chi connectivity index (χ4n) is 7.24. The van der Waals surface area contributed by atoms with Crippen molar-refractivity contribution in [2.45, 2.75) is 206 Å². The molecule has 0 saturated carbocycles. The predicted molar refractivity (Wildman–Crippen MR) is 272 cm³/mol. The van der Waals surface area contributed by atoms with Crippen LogP contribution in [-0.4, -0.2) is 131 Å². The van der Waals surface area contributed by atoms with Crippen molar-refractivity contribution in [2.75, 3.05) is 113 Å². The van der Waals surface area contributed by atoms with E-state index in [0.717, 1.165) is 26.1 Å². The van der Waals surface area contributed by atoms with Crippen molar-refractivity contribution in [1.82, 2.24) is 5.32 Å². The van der Waals surface area contributed by atoms with E-state index in [0.29, 0.717) is 79.2 Å². The topological polar surface area (TPSA) is 138 Å². The zero-order chi connectivity index (χ0) is 47.7. The summed E-state index contributed by atoms with van der Waals surface area (Å²) in [5.74, 6) is -0.350. The number of carbonyl (C=O) groups is 1. The first-order chi connectivity index (χ1) is 32.6. The van der Waals surface area contributed by atoms with Gasteiger partial charge in [-0.1, -0.05) is 154 Å². The predicted octanol–water partition coefficient (Wildman–Crippen LogP) is 11.6. The zero-order valence-electron chi connectivity index (χ0n) is 43.2. The molecule has 0 aliphatic carbocycles. The van der Waals surface area contributed by atoms with Gasteiger partial charge in [-0.3, -0.25) is 4.79 Å².